The molecule has 9 heteroatoms. The van der Waals surface area contributed by atoms with Crippen LogP contribution in [0.25, 0.3) is 0 Å². The second-order valence-corrected chi connectivity index (χ2v) is 9.25. The predicted octanol–water partition coefficient (Wildman–Crippen LogP) is 4.07. The highest BCUT2D eigenvalue weighted by Crippen LogP contribution is 2.37. The Labute approximate surface area is 214 Å². The van der Waals surface area contributed by atoms with Crippen LogP contribution in [0.1, 0.15) is 43.3 Å². The highest BCUT2D eigenvalue weighted by Gasteiger charge is 2.33. The Morgan fingerprint density at radius 1 is 0.943 bits per heavy atom. The Kier molecular flexibility index (Phi) is 9.89. The summed E-state index contributed by atoms with van der Waals surface area (Å²) >= 11 is 0. The van der Waals surface area contributed by atoms with E-state index >= 15 is 0 Å². The molecule has 35 heavy (non-hydrogen) atoms. The maximum Gasteiger partial charge on any atom is 0.173 e. The number of aryl methyl sites for hydroxylation is 1. The van der Waals surface area contributed by atoms with Crippen molar-refractivity contribution < 1.29 is 9.47 Å². The maximum atomic E-state index is 5.78. The van der Waals surface area contributed by atoms with Crippen LogP contribution >= 0.6 is 12.4 Å². The molecule has 0 spiro atoms. The summed E-state index contributed by atoms with van der Waals surface area (Å²) in [5.41, 5.74) is 2.37. The highest BCUT2D eigenvalue weighted by molar-refractivity contribution is 5.85. The second kappa shape index (κ2) is 12.9. The van der Waals surface area contributed by atoms with Crippen molar-refractivity contribution in [2.75, 3.05) is 40.4 Å². The molecule has 0 aliphatic carbocycles. The zero-order valence-corrected chi connectivity index (χ0v) is 21.9. The minimum absolute atomic E-state index is 0. The van der Waals surface area contributed by atoms with Crippen molar-refractivity contribution in [2.45, 2.75) is 39.4 Å². The summed E-state index contributed by atoms with van der Waals surface area (Å²) in [5.74, 6) is 3.03. The Balaban J connectivity index is 0.00000342. The van der Waals surface area contributed by atoms with Gasteiger partial charge in [-0.1, -0.05) is 44.2 Å². The number of aromatic nitrogens is 4. The minimum Gasteiger partial charge on any atom is -0.497 e. The standard InChI is InChI=1S/C26H36N6O2.ClH/c1-20(2)12-13-32-26(27-28-29-32)25(23-18-22(33-3)10-11-24(23)34-4)31-16-14-30(15-17-31)19-21-8-6-5-7-9-21;/h5-11,18,20,25H,12-17,19H2,1-4H3;1H. The molecule has 8 nitrogen and oxygen atoms in total. The number of piperazine rings is 1. The SMILES string of the molecule is COc1ccc(OC)c(C(c2nnnn2CCC(C)C)N2CCN(Cc3ccccc3)CC2)c1.Cl. The normalized spacial score (nSPS) is 15.6. The maximum absolute atomic E-state index is 5.78. The molecule has 1 aliphatic heterocycles. The Bertz CT molecular complexity index is 1040. The van der Waals surface area contributed by atoms with Crippen LogP contribution in [0, 0.1) is 5.92 Å². The summed E-state index contributed by atoms with van der Waals surface area (Å²) in [6, 6.07) is 16.5. The third-order valence-electron chi connectivity index (χ3n) is 6.47. The number of hydrogen-bond donors (Lipinski definition) is 0. The van der Waals surface area contributed by atoms with E-state index in [1.54, 1.807) is 14.2 Å². The molecule has 1 saturated heterocycles. The molecular weight excluding hydrogens is 464 g/mol. The molecule has 0 amide bonds. The van der Waals surface area contributed by atoms with Crippen LogP contribution in [0.15, 0.2) is 48.5 Å². The number of halogens is 1. The number of ether oxygens (including phenoxy) is 2. The van der Waals surface area contributed by atoms with E-state index in [1.807, 2.05) is 16.8 Å². The fourth-order valence-corrected chi connectivity index (χ4v) is 4.52. The number of rotatable bonds is 10. The van der Waals surface area contributed by atoms with Crippen molar-refractivity contribution >= 4 is 12.4 Å². The summed E-state index contributed by atoms with van der Waals surface area (Å²) < 4.78 is 13.3. The number of hydrogen-bond acceptors (Lipinski definition) is 7. The summed E-state index contributed by atoms with van der Waals surface area (Å²) in [4.78, 5) is 4.98. The molecule has 2 aromatic carbocycles. The van der Waals surface area contributed by atoms with Crippen molar-refractivity contribution in [2.24, 2.45) is 5.92 Å². The molecule has 1 fully saturated rings. The lowest BCUT2D eigenvalue weighted by Crippen LogP contribution is -2.48. The monoisotopic (exact) mass is 500 g/mol. The first-order valence-corrected chi connectivity index (χ1v) is 12.1. The van der Waals surface area contributed by atoms with Gasteiger partial charge in [-0.25, -0.2) is 4.68 Å². The van der Waals surface area contributed by atoms with Crippen molar-refractivity contribution in [3.05, 3.63) is 65.5 Å². The molecule has 3 aromatic rings. The van der Waals surface area contributed by atoms with Crippen LogP contribution in [-0.4, -0.2) is 70.4 Å². The van der Waals surface area contributed by atoms with Crippen molar-refractivity contribution in [1.82, 2.24) is 30.0 Å². The lowest BCUT2D eigenvalue weighted by molar-refractivity contribution is 0.0988. The first-order chi connectivity index (χ1) is 16.6. The zero-order valence-electron chi connectivity index (χ0n) is 21.1. The van der Waals surface area contributed by atoms with Crippen LogP contribution < -0.4 is 9.47 Å². The van der Waals surface area contributed by atoms with Crippen LogP contribution in [0.4, 0.5) is 0 Å². The first-order valence-electron chi connectivity index (χ1n) is 12.1. The summed E-state index contributed by atoms with van der Waals surface area (Å²) in [5, 5.41) is 12.9. The lowest BCUT2D eigenvalue weighted by Gasteiger charge is -2.39. The van der Waals surface area contributed by atoms with Gasteiger partial charge in [0.25, 0.3) is 0 Å². The number of benzene rings is 2. The van der Waals surface area contributed by atoms with Crippen LogP contribution in [0.2, 0.25) is 0 Å². The molecule has 1 atom stereocenters. The van der Waals surface area contributed by atoms with Crippen molar-refractivity contribution in [3.8, 4) is 11.5 Å². The van der Waals surface area contributed by atoms with Gasteiger partial charge in [-0.05, 0) is 46.5 Å². The van der Waals surface area contributed by atoms with E-state index in [2.05, 4.69) is 75.6 Å². The highest BCUT2D eigenvalue weighted by atomic mass is 35.5. The van der Waals surface area contributed by atoms with E-state index in [4.69, 9.17) is 9.47 Å². The molecule has 0 bridgehead atoms. The van der Waals surface area contributed by atoms with E-state index < -0.39 is 0 Å². The van der Waals surface area contributed by atoms with Gasteiger partial charge in [-0.15, -0.1) is 17.5 Å². The number of methoxy groups -OCH3 is 2. The molecule has 0 saturated carbocycles. The average Bonchev–Trinajstić information content (AvgIpc) is 3.32. The molecule has 0 N–H and O–H groups in total. The minimum atomic E-state index is -0.119. The van der Waals surface area contributed by atoms with Crippen LogP contribution in [0.5, 0.6) is 11.5 Å². The van der Waals surface area contributed by atoms with Gasteiger partial charge in [-0.3, -0.25) is 9.80 Å². The van der Waals surface area contributed by atoms with Gasteiger partial charge in [0.05, 0.1) is 14.2 Å². The van der Waals surface area contributed by atoms with E-state index in [9.17, 15) is 0 Å². The van der Waals surface area contributed by atoms with Gasteiger partial charge in [0.15, 0.2) is 5.82 Å². The first kappa shape index (κ1) is 26.9. The molecule has 1 aliphatic rings. The lowest BCUT2D eigenvalue weighted by atomic mass is 10.0. The fourth-order valence-electron chi connectivity index (χ4n) is 4.52. The van der Waals surface area contributed by atoms with Gasteiger partial charge in [-0.2, -0.15) is 0 Å². The number of nitrogens with zero attached hydrogens (tertiary/aromatic N) is 6. The zero-order chi connectivity index (χ0) is 23.9. The summed E-state index contributed by atoms with van der Waals surface area (Å²) in [6.45, 7) is 9.97. The topological polar surface area (TPSA) is 68.5 Å². The van der Waals surface area contributed by atoms with Crippen LogP contribution in [-0.2, 0) is 13.1 Å². The smallest absolute Gasteiger partial charge is 0.173 e. The van der Waals surface area contributed by atoms with Crippen molar-refractivity contribution in [3.63, 3.8) is 0 Å². The molecule has 190 valence electrons. The van der Waals surface area contributed by atoms with E-state index in [-0.39, 0.29) is 18.4 Å². The van der Waals surface area contributed by atoms with Gasteiger partial charge in [0.2, 0.25) is 0 Å². The second-order valence-electron chi connectivity index (χ2n) is 9.25. The van der Waals surface area contributed by atoms with Gasteiger partial charge >= 0.3 is 0 Å². The molecule has 1 aromatic heterocycles. The molecular formula is C26H37ClN6O2. The Morgan fingerprint density at radius 2 is 1.69 bits per heavy atom. The molecule has 2 heterocycles. The van der Waals surface area contributed by atoms with Gasteiger partial charge < -0.3 is 9.47 Å². The Morgan fingerprint density at radius 3 is 2.34 bits per heavy atom. The van der Waals surface area contributed by atoms with E-state index in [1.165, 1.54) is 5.56 Å². The largest absolute Gasteiger partial charge is 0.497 e. The van der Waals surface area contributed by atoms with Gasteiger partial charge in [0, 0.05) is 44.8 Å². The van der Waals surface area contributed by atoms with Crippen molar-refractivity contribution in [1.29, 1.82) is 0 Å². The van der Waals surface area contributed by atoms with Crippen LogP contribution in [0.3, 0.4) is 0 Å². The summed E-state index contributed by atoms with van der Waals surface area (Å²) in [6.07, 6.45) is 1.02. The third-order valence-corrected chi connectivity index (χ3v) is 6.47. The van der Waals surface area contributed by atoms with Gasteiger partial charge in [0.1, 0.15) is 17.5 Å². The van der Waals surface area contributed by atoms with E-state index in [0.29, 0.717) is 5.92 Å². The Hall–Kier alpha value is -2.68. The average molecular weight is 501 g/mol. The molecule has 1 unspecified atom stereocenters. The molecule has 0 radical (unpaired) electrons. The molecule has 4 rings (SSSR count). The third kappa shape index (κ3) is 6.72. The fraction of sp³-hybridized carbons (Fsp3) is 0.500. The summed E-state index contributed by atoms with van der Waals surface area (Å²) in [7, 11) is 3.40. The number of tetrazole rings is 1. The predicted molar refractivity (Wildman–Crippen MR) is 139 cm³/mol. The quantitative estimate of drug-likeness (QED) is 0.415. The van der Waals surface area contributed by atoms with E-state index in [0.717, 1.165) is 68.6 Å².